The minimum absolute atomic E-state index is 0.000864. The van der Waals surface area contributed by atoms with Crippen LogP contribution in [0.15, 0.2) is 18.5 Å². The van der Waals surface area contributed by atoms with Crippen molar-refractivity contribution >= 4 is 29.0 Å². The SMILES string of the molecule is C=C1C(O)CO[C@H]1n1cnc2c(N)nc(CCCC3CCN(C(=O)OCC4CC(=O)N4)CC3)nc21. The van der Waals surface area contributed by atoms with Gasteiger partial charge in [-0.15, -0.1) is 0 Å². The molecule has 3 atom stereocenters. The van der Waals surface area contributed by atoms with Crippen molar-refractivity contribution in [1.82, 2.24) is 29.7 Å². The number of aryl methyl sites for hydroxylation is 1. The average molecular weight is 486 g/mol. The number of nitrogens with one attached hydrogen (secondary N) is 1. The minimum Gasteiger partial charge on any atom is -0.447 e. The molecule has 2 amide bonds. The molecule has 5 heterocycles. The lowest BCUT2D eigenvalue weighted by Crippen LogP contribution is -2.52. The number of hydrogen-bond donors (Lipinski definition) is 3. The van der Waals surface area contributed by atoms with Crippen molar-refractivity contribution in [2.75, 3.05) is 32.0 Å². The van der Waals surface area contributed by atoms with E-state index in [1.807, 2.05) is 0 Å². The number of hydrogen-bond acceptors (Lipinski definition) is 9. The summed E-state index contributed by atoms with van der Waals surface area (Å²) in [6.45, 7) is 5.69. The van der Waals surface area contributed by atoms with Gasteiger partial charge in [0.25, 0.3) is 0 Å². The van der Waals surface area contributed by atoms with Gasteiger partial charge >= 0.3 is 6.09 Å². The highest BCUT2D eigenvalue weighted by Crippen LogP contribution is 2.31. The summed E-state index contributed by atoms with van der Waals surface area (Å²) in [5.74, 6) is 1.48. The van der Waals surface area contributed by atoms with E-state index < -0.39 is 12.3 Å². The van der Waals surface area contributed by atoms with E-state index >= 15 is 0 Å². The topological polar surface area (TPSA) is 158 Å². The standard InChI is InChI=1S/C23H31N7O5/c1-13-16(31)11-34-22(13)30-12-25-19-20(24)27-17(28-21(19)30)4-2-3-14-5-7-29(8-6-14)23(33)35-10-15-9-18(32)26-15/h12,14-16,22,31H,1-11H2,(H,26,32)(H2,24,27,28)/t15?,16?,22-/m1/s1. The number of aliphatic hydroxyl groups is 1. The third-order valence-electron chi connectivity index (χ3n) is 6.99. The maximum absolute atomic E-state index is 12.2. The van der Waals surface area contributed by atoms with Gasteiger partial charge in [0.2, 0.25) is 5.91 Å². The second-order valence-corrected chi connectivity index (χ2v) is 9.49. The molecule has 0 aliphatic carbocycles. The number of nitrogens with two attached hydrogens (primary N) is 1. The third kappa shape index (κ3) is 4.94. The molecule has 3 aliphatic heterocycles. The first kappa shape index (κ1) is 23.5. The normalized spacial score (nSPS) is 25.1. The molecule has 0 bridgehead atoms. The molecule has 5 rings (SSSR count). The number of carbonyl (C=O) groups excluding carboxylic acids is 2. The Hall–Kier alpha value is -3.25. The molecular weight excluding hydrogens is 454 g/mol. The van der Waals surface area contributed by atoms with E-state index in [0.29, 0.717) is 60.2 Å². The van der Waals surface area contributed by atoms with Crippen LogP contribution in [0.4, 0.5) is 10.6 Å². The first-order chi connectivity index (χ1) is 16.9. The van der Waals surface area contributed by atoms with Crippen molar-refractivity contribution in [2.24, 2.45) is 5.92 Å². The quantitative estimate of drug-likeness (QED) is 0.383. The highest BCUT2D eigenvalue weighted by molar-refractivity contribution is 5.83. The Bertz CT molecular complexity index is 1120. The fourth-order valence-electron chi connectivity index (χ4n) is 4.84. The summed E-state index contributed by atoms with van der Waals surface area (Å²) in [4.78, 5) is 38.3. The van der Waals surface area contributed by atoms with Gasteiger partial charge in [-0.25, -0.2) is 19.7 Å². The van der Waals surface area contributed by atoms with E-state index in [-0.39, 0.29) is 31.3 Å². The van der Waals surface area contributed by atoms with E-state index in [1.165, 1.54) is 0 Å². The summed E-state index contributed by atoms with van der Waals surface area (Å²) >= 11 is 0. The molecule has 3 fully saturated rings. The number of aromatic nitrogens is 4. The van der Waals surface area contributed by atoms with Crippen LogP contribution in [0.1, 0.15) is 44.2 Å². The number of rotatable bonds is 7. The van der Waals surface area contributed by atoms with Crippen LogP contribution in [0.2, 0.25) is 0 Å². The number of piperidine rings is 1. The molecule has 2 unspecified atom stereocenters. The third-order valence-corrected chi connectivity index (χ3v) is 6.99. The van der Waals surface area contributed by atoms with Crippen molar-refractivity contribution in [3.8, 4) is 0 Å². The minimum atomic E-state index is -0.713. The molecule has 2 aromatic heterocycles. The molecule has 4 N–H and O–H groups in total. The van der Waals surface area contributed by atoms with E-state index in [4.69, 9.17) is 15.2 Å². The Balaban J connectivity index is 1.10. The van der Waals surface area contributed by atoms with Crippen LogP contribution in [0, 0.1) is 5.92 Å². The predicted octanol–water partition coefficient (Wildman–Crippen LogP) is 0.914. The van der Waals surface area contributed by atoms with Gasteiger partial charge in [-0.2, -0.15) is 0 Å². The van der Waals surface area contributed by atoms with Gasteiger partial charge in [-0.3, -0.25) is 9.36 Å². The number of carbonyl (C=O) groups is 2. The Morgan fingerprint density at radius 2 is 2.11 bits per heavy atom. The summed E-state index contributed by atoms with van der Waals surface area (Å²) in [5, 5.41) is 12.6. The van der Waals surface area contributed by atoms with Crippen LogP contribution in [0.25, 0.3) is 11.2 Å². The molecule has 12 nitrogen and oxygen atoms in total. The monoisotopic (exact) mass is 485 g/mol. The fourth-order valence-corrected chi connectivity index (χ4v) is 4.84. The van der Waals surface area contributed by atoms with Gasteiger partial charge in [0.05, 0.1) is 25.4 Å². The molecule has 2 aromatic rings. The summed E-state index contributed by atoms with van der Waals surface area (Å²) in [7, 11) is 0. The maximum Gasteiger partial charge on any atom is 0.409 e. The molecule has 0 saturated carbocycles. The van der Waals surface area contributed by atoms with Crippen molar-refractivity contribution in [1.29, 1.82) is 0 Å². The average Bonchev–Trinajstić information content (AvgIpc) is 3.39. The van der Waals surface area contributed by atoms with Crippen molar-refractivity contribution < 1.29 is 24.2 Å². The number of amides is 2. The molecule has 3 saturated heterocycles. The van der Waals surface area contributed by atoms with Gasteiger partial charge in [0.1, 0.15) is 24.1 Å². The number of likely N-dealkylation sites (tertiary alicyclic amines) is 1. The van der Waals surface area contributed by atoms with Crippen molar-refractivity contribution in [3.63, 3.8) is 0 Å². The van der Waals surface area contributed by atoms with Crippen LogP contribution in [-0.4, -0.2) is 80.0 Å². The maximum atomic E-state index is 12.2. The van der Waals surface area contributed by atoms with Gasteiger partial charge in [-0.05, 0) is 31.6 Å². The molecular formula is C23H31N7O5. The molecule has 12 heteroatoms. The van der Waals surface area contributed by atoms with Gasteiger partial charge in [0.15, 0.2) is 17.7 Å². The first-order valence-corrected chi connectivity index (χ1v) is 12.1. The summed E-state index contributed by atoms with van der Waals surface area (Å²) < 4.78 is 12.7. The van der Waals surface area contributed by atoms with Crippen LogP contribution < -0.4 is 11.1 Å². The molecule has 0 spiro atoms. The number of nitrogens with zero attached hydrogens (tertiary/aromatic N) is 5. The highest BCUT2D eigenvalue weighted by Gasteiger charge is 2.32. The van der Waals surface area contributed by atoms with E-state index in [2.05, 4.69) is 26.8 Å². The van der Waals surface area contributed by atoms with Crippen LogP contribution in [0.5, 0.6) is 0 Å². The summed E-state index contributed by atoms with van der Waals surface area (Å²) in [6.07, 6.45) is 4.90. The Kier molecular flexibility index (Phi) is 6.56. The second-order valence-electron chi connectivity index (χ2n) is 9.49. The molecule has 0 radical (unpaired) electrons. The van der Waals surface area contributed by atoms with Gasteiger partial charge in [-0.1, -0.05) is 6.58 Å². The number of aliphatic hydroxyl groups excluding tert-OH is 1. The van der Waals surface area contributed by atoms with Gasteiger partial charge < -0.3 is 30.5 Å². The smallest absolute Gasteiger partial charge is 0.409 e. The first-order valence-electron chi connectivity index (χ1n) is 12.1. The number of imidazole rings is 1. The van der Waals surface area contributed by atoms with Crippen molar-refractivity contribution in [2.45, 2.75) is 56.9 Å². The zero-order chi connectivity index (χ0) is 24.5. The lowest BCUT2D eigenvalue weighted by Gasteiger charge is -2.32. The fraction of sp³-hybridized carbons (Fsp3) is 0.609. The molecule has 0 aromatic carbocycles. The Morgan fingerprint density at radius 3 is 2.80 bits per heavy atom. The largest absolute Gasteiger partial charge is 0.447 e. The molecule has 35 heavy (non-hydrogen) atoms. The van der Waals surface area contributed by atoms with E-state index in [1.54, 1.807) is 15.8 Å². The Morgan fingerprint density at radius 1 is 1.34 bits per heavy atom. The van der Waals surface area contributed by atoms with Crippen molar-refractivity contribution in [3.05, 3.63) is 24.3 Å². The number of anilines is 1. The Labute approximate surface area is 202 Å². The summed E-state index contributed by atoms with van der Waals surface area (Å²) in [5.41, 5.74) is 7.78. The number of ether oxygens (including phenoxy) is 2. The van der Waals surface area contributed by atoms with Crippen LogP contribution >= 0.6 is 0 Å². The number of fused-ring (bicyclic) bond motifs is 1. The summed E-state index contributed by atoms with van der Waals surface area (Å²) in [6, 6.07) is -0.0470. The lowest BCUT2D eigenvalue weighted by molar-refractivity contribution is -0.129. The zero-order valence-corrected chi connectivity index (χ0v) is 19.6. The van der Waals surface area contributed by atoms with Crippen LogP contribution in [0.3, 0.4) is 0 Å². The lowest BCUT2D eigenvalue weighted by atomic mass is 9.91. The van der Waals surface area contributed by atoms with E-state index in [9.17, 15) is 14.7 Å². The van der Waals surface area contributed by atoms with E-state index in [0.717, 1.165) is 25.7 Å². The number of β-lactam (4-membered cyclic amide) rings is 1. The van der Waals surface area contributed by atoms with Crippen LogP contribution in [-0.2, 0) is 20.7 Å². The molecule has 3 aliphatic rings. The second kappa shape index (κ2) is 9.78. The highest BCUT2D eigenvalue weighted by atomic mass is 16.6. The zero-order valence-electron chi connectivity index (χ0n) is 19.6. The van der Waals surface area contributed by atoms with Gasteiger partial charge in [0, 0.05) is 25.1 Å². The number of nitrogen functional groups attached to an aromatic ring is 1. The predicted molar refractivity (Wildman–Crippen MR) is 125 cm³/mol. The molecule has 188 valence electrons.